The molecule has 10 aromatic carbocycles. The second-order valence-electron chi connectivity index (χ2n) is 17.1. The molecule has 2 nitrogen and oxygen atoms in total. The SMILES string of the molecule is CCc1ccc(N(c2ccccc2)c2ccc3cc4c(cc3c2)C2(c3ccccc3-c3ccccc32)c2cc3cc(N(c5ccccc5)c5ccc(CC)cc5)ccc3cc2-4)cc1. The zero-order chi connectivity index (χ0) is 42.1. The van der Waals surface area contributed by atoms with E-state index in [1.165, 1.54) is 77.2 Å². The minimum absolute atomic E-state index is 0.490. The number of para-hydroxylation sites is 2. The van der Waals surface area contributed by atoms with Crippen molar-refractivity contribution in [2.45, 2.75) is 32.1 Å². The van der Waals surface area contributed by atoms with E-state index in [2.05, 4.69) is 242 Å². The highest BCUT2D eigenvalue weighted by Crippen LogP contribution is 2.64. The van der Waals surface area contributed by atoms with Crippen LogP contribution in [-0.4, -0.2) is 0 Å². The van der Waals surface area contributed by atoms with Crippen molar-refractivity contribution >= 4 is 55.7 Å². The smallest absolute Gasteiger partial charge is 0.0725 e. The summed E-state index contributed by atoms with van der Waals surface area (Å²) in [5, 5.41) is 4.92. The maximum atomic E-state index is 2.52. The molecule has 0 bridgehead atoms. The lowest BCUT2D eigenvalue weighted by Crippen LogP contribution is -2.25. The molecule has 0 atom stereocenters. The summed E-state index contributed by atoms with van der Waals surface area (Å²) in [5.41, 5.74) is 19.7. The van der Waals surface area contributed by atoms with E-state index in [0.717, 1.165) is 47.0 Å². The van der Waals surface area contributed by atoms with E-state index >= 15 is 0 Å². The Hall–Kier alpha value is -7.68. The van der Waals surface area contributed by atoms with Gasteiger partial charge >= 0.3 is 0 Å². The van der Waals surface area contributed by atoms with Crippen LogP contribution in [-0.2, 0) is 18.3 Å². The van der Waals surface area contributed by atoms with Gasteiger partial charge < -0.3 is 9.80 Å². The van der Waals surface area contributed by atoms with Gasteiger partial charge in [0.1, 0.15) is 0 Å². The molecule has 0 saturated heterocycles. The Balaban J connectivity index is 1.08. The van der Waals surface area contributed by atoms with Gasteiger partial charge in [0.25, 0.3) is 0 Å². The molecule has 0 aliphatic heterocycles. The summed E-state index contributed by atoms with van der Waals surface area (Å²) in [4.78, 5) is 4.77. The van der Waals surface area contributed by atoms with E-state index in [1.54, 1.807) is 0 Å². The van der Waals surface area contributed by atoms with Crippen LogP contribution in [0.25, 0.3) is 43.8 Å². The van der Waals surface area contributed by atoms with Crippen molar-refractivity contribution < 1.29 is 0 Å². The van der Waals surface area contributed by atoms with Gasteiger partial charge in [-0.1, -0.05) is 135 Å². The van der Waals surface area contributed by atoms with E-state index in [1.807, 2.05) is 0 Å². The molecule has 0 amide bonds. The Bertz CT molecular complexity index is 3120. The Morgan fingerprint density at radius 2 is 0.651 bits per heavy atom. The quantitative estimate of drug-likeness (QED) is 0.151. The van der Waals surface area contributed by atoms with E-state index < -0.39 is 5.41 Å². The van der Waals surface area contributed by atoms with Crippen LogP contribution in [0.5, 0.6) is 0 Å². The molecule has 0 heterocycles. The molecular weight excluding hydrogens is 761 g/mol. The second-order valence-corrected chi connectivity index (χ2v) is 17.1. The fourth-order valence-electron chi connectivity index (χ4n) is 10.7. The van der Waals surface area contributed by atoms with Crippen molar-refractivity contribution in [1.82, 2.24) is 0 Å². The van der Waals surface area contributed by atoms with Crippen molar-refractivity contribution in [2.75, 3.05) is 9.80 Å². The fraction of sp³-hybridized carbons (Fsp3) is 0.0820. The molecule has 0 unspecified atom stereocenters. The minimum Gasteiger partial charge on any atom is -0.310 e. The molecular formula is C61H46N2. The lowest BCUT2D eigenvalue weighted by Gasteiger charge is -2.31. The first kappa shape index (κ1) is 37.1. The van der Waals surface area contributed by atoms with Gasteiger partial charge in [0.05, 0.1) is 5.41 Å². The molecule has 10 aromatic rings. The van der Waals surface area contributed by atoms with Gasteiger partial charge in [0, 0.05) is 34.1 Å². The van der Waals surface area contributed by atoms with Crippen molar-refractivity contribution in [3.8, 4) is 22.3 Å². The normalized spacial score (nSPS) is 12.9. The largest absolute Gasteiger partial charge is 0.310 e. The molecule has 0 fully saturated rings. The molecule has 2 aliphatic rings. The van der Waals surface area contributed by atoms with Gasteiger partial charge in [-0.2, -0.15) is 0 Å². The highest BCUT2D eigenvalue weighted by Gasteiger charge is 2.51. The third-order valence-corrected chi connectivity index (χ3v) is 13.7. The summed E-state index contributed by atoms with van der Waals surface area (Å²) in [5.74, 6) is 0. The van der Waals surface area contributed by atoms with Crippen LogP contribution in [0.3, 0.4) is 0 Å². The van der Waals surface area contributed by atoms with Gasteiger partial charge in [-0.05, 0) is 187 Å². The fourth-order valence-corrected chi connectivity index (χ4v) is 10.7. The van der Waals surface area contributed by atoms with E-state index in [9.17, 15) is 0 Å². The maximum absolute atomic E-state index is 2.52. The first-order valence-electron chi connectivity index (χ1n) is 22.4. The number of rotatable bonds is 8. The summed E-state index contributed by atoms with van der Waals surface area (Å²) < 4.78 is 0. The lowest BCUT2D eigenvalue weighted by molar-refractivity contribution is 0.796. The monoisotopic (exact) mass is 806 g/mol. The molecule has 2 aliphatic carbocycles. The zero-order valence-corrected chi connectivity index (χ0v) is 35.6. The number of fused-ring (bicyclic) bond motifs is 12. The summed E-state index contributed by atoms with van der Waals surface area (Å²) in [6.45, 7) is 4.43. The van der Waals surface area contributed by atoms with Crippen molar-refractivity contribution in [3.63, 3.8) is 0 Å². The summed E-state index contributed by atoms with van der Waals surface area (Å²) in [6, 6.07) is 81.8. The highest BCUT2D eigenvalue weighted by atomic mass is 15.1. The molecule has 0 N–H and O–H groups in total. The van der Waals surface area contributed by atoms with Gasteiger partial charge in [-0.3, -0.25) is 0 Å². The predicted octanol–water partition coefficient (Wildman–Crippen LogP) is 16.4. The van der Waals surface area contributed by atoms with E-state index in [0.29, 0.717) is 0 Å². The van der Waals surface area contributed by atoms with E-state index in [4.69, 9.17) is 0 Å². The minimum atomic E-state index is -0.490. The summed E-state index contributed by atoms with van der Waals surface area (Å²) in [7, 11) is 0. The van der Waals surface area contributed by atoms with Crippen molar-refractivity contribution in [1.29, 1.82) is 0 Å². The third-order valence-electron chi connectivity index (χ3n) is 13.7. The zero-order valence-electron chi connectivity index (χ0n) is 35.6. The highest BCUT2D eigenvalue weighted by molar-refractivity contribution is 6.04. The number of nitrogens with zero attached hydrogens (tertiary/aromatic N) is 2. The summed E-state index contributed by atoms with van der Waals surface area (Å²) in [6.07, 6.45) is 2.03. The number of hydrogen-bond acceptors (Lipinski definition) is 2. The van der Waals surface area contributed by atoms with Crippen LogP contribution < -0.4 is 9.80 Å². The van der Waals surface area contributed by atoms with Crippen LogP contribution in [0, 0.1) is 0 Å². The van der Waals surface area contributed by atoms with Crippen LogP contribution in [0.1, 0.15) is 47.2 Å². The Morgan fingerprint density at radius 1 is 0.286 bits per heavy atom. The van der Waals surface area contributed by atoms with Gasteiger partial charge in [0.2, 0.25) is 0 Å². The second kappa shape index (κ2) is 14.8. The standard InChI is InChI=1S/C61H46N2/c1-3-41-23-29-49(30-24-41)62(47-15-7-5-8-16-47)51-33-27-43-37-55-56-38-44-28-34-52(63(48-17-9-6-10-18-48)50-31-25-42(4-2)26-32-50)36-46(44)40-60(56)61(59(55)39-45(43)35-51)57-21-13-11-19-53(57)54-20-12-14-22-58(54)61/h5-40H,3-4H2,1-2H3. The number of benzene rings is 10. The molecule has 1 spiro atoms. The first-order valence-corrected chi connectivity index (χ1v) is 22.4. The molecule has 63 heavy (non-hydrogen) atoms. The third kappa shape index (κ3) is 5.79. The average Bonchev–Trinajstić information content (AvgIpc) is 3.80. The van der Waals surface area contributed by atoms with Gasteiger partial charge in [-0.15, -0.1) is 0 Å². The Labute approximate surface area is 370 Å². The number of aryl methyl sites for hydroxylation is 2. The Morgan fingerprint density at radius 3 is 1.06 bits per heavy atom. The van der Waals surface area contributed by atoms with Crippen molar-refractivity contribution in [2.24, 2.45) is 0 Å². The maximum Gasteiger partial charge on any atom is 0.0725 e. The number of hydrogen-bond donors (Lipinski definition) is 0. The average molecular weight is 807 g/mol. The van der Waals surface area contributed by atoms with Crippen LogP contribution >= 0.6 is 0 Å². The molecule has 12 rings (SSSR count). The topological polar surface area (TPSA) is 6.48 Å². The predicted molar refractivity (Wildman–Crippen MR) is 266 cm³/mol. The molecule has 0 aromatic heterocycles. The van der Waals surface area contributed by atoms with Gasteiger partial charge in [-0.25, -0.2) is 0 Å². The van der Waals surface area contributed by atoms with Crippen LogP contribution in [0.15, 0.2) is 218 Å². The van der Waals surface area contributed by atoms with E-state index in [-0.39, 0.29) is 0 Å². The summed E-state index contributed by atoms with van der Waals surface area (Å²) >= 11 is 0. The van der Waals surface area contributed by atoms with Crippen LogP contribution in [0.2, 0.25) is 0 Å². The number of anilines is 6. The Kier molecular flexibility index (Phi) is 8.69. The van der Waals surface area contributed by atoms with Crippen molar-refractivity contribution in [3.05, 3.63) is 252 Å². The molecule has 0 radical (unpaired) electrons. The van der Waals surface area contributed by atoms with Crippen LogP contribution in [0.4, 0.5) is 34.1 Å². The molecule has 0 saturated carbocycles. The first-order chi connectivity index (χ1) is 31.1. The molecule has 300 valence electrons. The lowest BCUT2D eigenvalue weighted by atomic mass is 9.70. The van der Waals surface area contributed by atoms with Gasteiger partial charge in [0.15, 0.2) is 0 Å². The molecule has 2 heteroatoms.